The van der Waals surface area contributed by atoms with Crippen molar-refractivity contribution in [1.29, 1.82) is 0 Å². The summed E-state index contributed by atoms with van der Waals surface area (Å²) in [5.41, 5.74) is 4.56. The Kier molecular flexibility index (Phi) is 9.64. The van der Waals surface area contributed by atoms with Gasteiger partial charge in [-0.3, -0.25) is 14.4 Å². The molecule has 0 bridgehead atoms. The Morgan fingerprint density at radius 2 is 1.53 bits per heavy atom. The summed E-state index contributed by atoms with van der Waals surface area (Å²) in [6.07, 6.45) is 0.547. The fraction of sp³-hybridized carbons (Fsp3) is 0.250. The number of anilines is 2. The highest BCUT2D eigenvalue weighted by atomic mass is 79.9. The molecule has 3 aromatic carbocycles. The predicted molar refractivity (Wildman–Crippen MR) is 143 cm³/mol. The van der Waals surface area contributed by atoms with Crippen LogP contribution in [0.3, 0.4) is 0 Å². The third-order valence-electron chi connectivity index (χ3n) is 5.49. The molecule has 0 aliphatic heterocycles. The van der Waals surface area contributed by atoms with Crippen molar-refractivity contribution in [3.8, 4) is 11.5 Å². The molecule has 7 nitrogen and oxygen atoms in total. The number of nitrogens with one attached hydrogen (secondary N) is 2. The van der Waals surface area contributed by atoms with Crippen molar-refractivity contribution in [1.82, 2.24) is 0 Å². The highest BCUT2D eigenvalue weighted by molar-refractivity contribution is 9.10. The zero-order valence-electron chi connectivity index (χ0n) is 20.5. The van der Waals surface area contributed by atoms with Gasteiger partial charge in [0.2, 0.25) is 5.91 Å². The number of halogens is 1. The fourth-order valence-corrected chi connectivity index (χ4v) is 3.75. The first-order valence-electron chi connectivity index (χ1n) is 11.6. The SMILES string of the molecule is CCc1cc(Br)ccc1NC(=O)COC(=O)CCC(=O)Nc1ccc(Oc2ccc(C)c(C)c2)cc1. The van der Waals surface area contributed by atoms with Gasteiger partial charge in [0.1, 0.15) is 11.5 Å². The third-order valence-corrected chi connectivity index (χ3v) is 5.99. The van der Waals surface area contributed by atoms with Crippen LogP contribution in [0.25, 0.3) is 0 Å². The Hall–Kier alpha value is -3.65. The molecule has 0 saturated heterocycles. The van der Waals surface area contributed by atoms with E-state index in [2.05, 4.69) is 26.6 Å². The van der Waals surface area contributed by atoms with E-state index in [9.17, 15) is 14.4 Å². The second kappa shape index (κ2) is 12.9. The molecule has 0 unspecified atom stereocenters. The Balaban J connectivity index is 1.39. The summed E-state index contributed by atoms with van der Waals surface area (Å²) in [4.78, 5) is 36.3. The Morgan fingerprint density at radius 1 is 0.806 bits per heavy atom. The van der Waals surface area contributed by atoms with Gasteiger partial charge in [0, 0.05) is 22.3 Å². The largest absolute Gasteiger partial charge is 0.457 e. The summed E-state index contributed by atoms with van der Waals surface area (Å²) in [6, 6.07) is 18.4. The Morgan fingerprint density at radius 3 is 2.22 bits per heavy atom. The van der Waals surface area contributed by atoms with Crippen LogP contribution in [0.15, 0.2) is 65.1 Å². The smallest absolute Gasteiger partial charge is 0.306 e. The molecule has 188 valence electrons. The Bertz CT molecular complexity index is 1240. The van der Waals surface area contributed by atoms with Crippen molar-refractivity contribution in [2.24, 2.45) is 0 Å². The van der Waals surface area contributed by atoms with E-state index in [0.29, 0.717) is 17.1 Å². The molecule has 0 radical (unpaired) electrons. The summed E-state index contributed by atoms with van der Waals surface area (Å²) in [6.45, 7) is 5.63. The summed E-state index contributed by atoms with van der Waals surface area (Å²) < 4.78 is 11.8. The zero-order valence-corrected chi connectivity index (χ0v) is 22.1. The van der Waals surface area contributed by atoms with Crippen molar-refractivity contribution in [2.75, 3.05) is 17.2 Å². The maximum absolute atomic E-state index is 12.2. The van der Waals surface area contributed by atoms with Crippen LogP contribution in [0.4, 0.5) is 11.4 Å². The molecule has 3 aromatic rings. The van der Waals surface area contributed by atoms with Gasteiger partial charge in [-0.05, 0) is 91.6 Å². The van der Waals surface area contributed by atoms with E-state index in [0.717, 1.165) is 27.8 Å². The molecule has 2 N–H and O–H groups in total. The minimum Gasteiger partial charge on any atom is -0.457 e. The first-order valence-corrected chi connectivity index (χ1v) is 12.4. The molecule has 0 heterocycles. The molecule has 3 rings (SSSR count). The topological polar surface area (TPSA) is 93.7 Å². The molecular formula is C28H29BrN2O5. The lowest BCUT2D eigenvalue weighted by atomic mass is 10.1. The van der Waals surface area contributed by atoms with E-state index in [-0.39, 0.29) is 18.7 Å². The number of aryl methyl sites for hydroxylation is 3. The quantitative estimate of drug-likeness (QED) is 0.287. The van der Waals surface area contributed by atoms with Crippen molar-refractivity contribution >= 4 is 45.1 Å². The van der Waals surface area contributed by atoms with E-state index < -0.39 is 18.5 Å². The minimum atomic E-state index is -0.621. The number of hydrogen-bond acceptors (Lipinski definition) is 5. The summed E-state index contributed by atoms with van der Waals surface area (Å²) >= 11 is 3.40. The second-order valence-corrected chi connectivity index (χ2v) is 9.20. The van der Waals surface area contributed by atoms with Crippen LogP contribution >= 0.6 is 15.9 Å². The van der Waals surface area contributed by atoms with Crippen LogP contribution in [-0.2, 0) is 25.5 Å². The number of ether oxygens (including phenoxy) is 2. The molecule has 0 aromatic heterocycles. The van der Waals surface area contributed by atoms with Crippen LogP contribution in [0, 0.1) is 13.8 Å². The number of esters is 1. The maximum Gasteiger partial charge on any atom is 0.306 e. The fourth-order valence-electron chi connectivity index (χ4n) is 3.34. The molecule has 0 atom stereocenters. The monoisotopic (exact) mass is 552 g/mol. The number of amides is 2. The average molecular weight is 553 g/mol. The lowest BCUT2D eigenvalue weighted by molar-refractivity contribution is -0.147. The molecule has 36 heavy (non-hydrogen) atoms. The van der Waals surface area contributed by atoms with Crippen LogP contribution in [0.1, 0.15) is 36.5 Å². The number of hydrogen-bond donors (Lipinski definition) is 2. The number of benzene rings is 3. The van der Waals surface area contributed by atoms with Crippen LogP contribution in [0.5, 0.6) is 11.5 Å². The first-order chi connectivity index (χ1) is 17.2. The van der Waals surface area contributed by atoms with Crippen LogP contribution in [0.2, 0.25) is 0 Å². The van der Waals surface area contributed by atoms with E-state index in [1.807, 2.05) is 51.1 Å². The van der Waals surface area contributed by atoms with Crippen LogP contribution < -0.4 is 15.4 Å². The molecule has 0 aliphatic rings. The predicted octanol–water partition coefficient (Wildman–Crippen LogP) is 6.32. The third kappa shape index (κ3) is 8.23. The van der Waals surface area contributed by atoms with Crippen molar-refractivity contribution in [3.05, 3.63) is 81.8 Å². The van der Waals surface area contributed by atoms with E-state index in [4.69, 9.17) is 9.47 Å². The minimum absolute atomic E-state index is 0.0615. The van der Waals surface area contributed by atoms with Gasteiger partial charge in [0.25, 0.3) is 5.91 Å². The van der Waals surface area contributed by atoms with Crippen molar-refractivity contribution in [3.63, 3.8) is 0 Å². The molecule has 0 aliphatic carbocycles. The van der Waals surface area contributed by atoms with Crippen molar-refractivity contribution in [2.45, 2.75) is 40.0 Å². The average Bonchev–Trinajstić information content (AvgIpc) is 2.86. The van der Waals surface area contributed by atoms with Gasteiger partial charge < -0.3 is 20.1 Å². The summed E-state index contributed by atoms with van der Waals surface area (Å²) in [5, 5.41) is 5.47. The maximum atomic E-state index is 12.2. The van der Waals surface area contributed by atoms with Crippen molar-refractivity contribution < 1.29 is 23.9 Å². The van der Waals surface area contributed by atoms with Gasteiger partial charge in [-0.1, -0.05) is 28.9 Å². The van der Waals surface area contributed by atoms with E-state index in [1.165, 1.54) is 5.56 Å². The molecule has 0 fully saturated rings. The van der Waals surface area contributed by atoms with Gasteiger partial charge in [-0.25, -0.2) is 0 Å². The van der Waals surface area contributed by atoms with E-state index in [1.54, 1.807) is 30.3 Å². The summed E-state index contributed by atoms with van der Waals surface area (Å²) in [7, 11) is 0. The Labute approximate surface area is 219 Å². The lowest BCUT2D eigenvalue weighted by Gasteiger charge is -2.11. The molecular weight excluding hydrogens is 524 g/mol. The highest BCUT2D eigenvalue weighted by Crippen LogP contribution is 2.25. The number of carbonyl (C=O) groups is 3. The van der Waals surface area contributed by atoms with Gasteiger partial charge >= 0.3 is 5.97 Å². The lowest BCUT2D eigenvalue weighted by Crippen LogP contribution is -2.22. The molecule has 0 saturated carbocycles. The first kappa shape index (κ1) is 26.9. The molecule has 2 amide bonds. The normalized spacial score (nSPS) is 10.4. The van der Waals surface area contributed by atoms with Crippen LogP contribution in [-0.4, -0.2) is 24.4 Å². The van der Waals surface area contributed by atoms with Gasteiger partial charge in [-0.15, -0.1) is 0 Å². The molecule has 8 heteroatoms. The van der Waals surface area contributed by atoms with Gasteiger partial charge in [-0.2, -0.15) is 0 Å². The van der Waals surface area contributed by atoms with Gasteiger partial charge in [0.05, 0.1) is 6.42 Å². The van der Waals surface area contributed by atoms with Gasteiger partial charge in [0.15, 0.2) is 6.61 Å². The summed E-state index contributed by atoms with van der Waals surface area (Å²) in [5.74, 6) is -0.00408. The standard InChI is InChI=1S/C28H29BrN2O5/c1-4-20-16-21(29)6-12-25(20)31-27(33)17-35-28(34)14-13-26(32)30-22-7-10-23(11-8-22)36-24-9-5-18(2)19(3)15-24/h5-12,15-16H,4,13-14,17H2,1-3H3,(H,30,32)(H,31,33). The molecule has 0 spiro atoms. The van der Waals surface area contributed by atoms with E-state index >= 15 is 0 Å². The number of carbonyl (C=O) groups excluding carboxylic acids is 3. The highest BCUT2D eigenvalue weighted by Gasteiger charge is 2.12. The number of rotatable bonds is 10. The second-order valence-electron chi connectivity index (χ2n) is 8.28. The zero-order chi connectivity index (χ0) is 26.1.